The second-order valence-electron chi connectivity index (χ2n) is 4.96. The molecule has 0 saturated carbocycles. The summed E-state index contributed by atoms with van der Waals surface area (Å²) in [7, 11) is 0. The van der Waals surface area contributed by atoms with Crippen molar-refractivity contribution in [3.8, 4) is 10.7 Å². The number of benzene rings is 2. The molecule has 0 spiro atoms. The minimum Gasteiger partial charge on any atom is -0.227 e. The molecule has 0 aliphatic heterocycles. The van der Waals surface area contributed by atoms with E-state index >= 15 is 0 Å². The van der Waals surface area contributed by atoms with Gasteiger partial charge in [0.25, 0.3) is 0 Å². The minimum absolute atomic E-state index is 0.506. The summed E-state index contributed by atoms with van der Waals surface area (Å²) >= 11 is 8.05. The van der Waals surface area contributed by atoms with E-state index in [4.69, 9.17) is 11.6 Å². The number of nitrogens with zero attached hydrogens (tertiary/aromatic N) is 2. The molecule has 4 aromatic rings. The van der Waals surface area contributed by atoms with E-state index in [1.807, 2.05) is 18.2 Å². The number of hydrogen-bond acceptors (Lipinski definition) is 3. The van der Waals surface area contributed by atoms with Crippen LogP contribution in [0.25, 0.3) is 32.4 Å². The summed E-state index contributed by atoms with van der Waals surface area (Å²) in [4.78, 5) is 11.4. The first kappa shape index (κ1) is 12.7. The second kappa shape index (κ2) is 4.79. The fraction of sp³-hybridized carbons (Fsp3) is 0.0588. The van der Waals surface area contributed by atoms with E-state index in [1.165, 1.54) is 4.88 Å². The fourth-order valence-electron chi connectivity index (χ4n) is 2.44. The van der Waals surface area contributed by atoms with Crippen LogP contribution in [0.1, 0.15) is 4.88 Å². The summed E-state index contributed by atoms with van der Waals surface area (Å²) < 4.78 is 0. The first-order valence-electron chi connectivity index (χ1n) is 6.63. The molecule has 0 radical (unpaired) electrons. The third kappa shape index (κ3) is 2.19. The Morgan fingerprint density at radius 2 is 1.71 bits per heavy atom. The summed E-state index contributed by atoms with van der Waals surface area (Å²) in [6.45, 7) is 2.07. The molecule has 21 heavy (non-hydrogen) atoms. The number of thiophene rings is 1. The van der Waals surface area contributed by atoms with Gasteiger partial charge in [-0.2, -0.15) is 0 Å². The van der Waals surface area contributed by atoms with Gasteiger partial charge in [-0.05, 0) is 42.0 Å². The summed E-state index contributed by atoms with van der Waals surface area (Å²) in [6, 6.07) is 16.4. The lowest BCUT2D eigenvalue weighted by Crippen LogP contribution is -1.90. The zero-order chi connectivity index (χ0) is 14.4. The third-order valence-corrected chi connectivity index (χ3v) is 4.76. The average Bonchev–Trinajstić information content (AvgIpc) is 2.92. The van der Waals surface area contributed by atoms with E-state index in [2.05, 4.69) is 47.2 Å². The smallest absolute Gasteiger partial charge is 0.171 e. The lowest BCUT2D eigenvalue weighted by atomic mass is 10.1. The molecule has 0 saturated heterocycles. The van der Waals surface area contributed by atoms with E-state index < -0.39 is 0 Å². The number of rotatable bonds is 1. The second-order valence-corrected chi connectivity index (χ2v) is 6.61. The SMILES string of the molecule is Cc1ccc(-c2nc(Cl)c3cc4ccccc4cc3n2)s1. The predicted molar refractivity (Wildman–Crippen MR) is 90.1 cm³/mol. The number of aromatic nitrogens is 2. The van der Waals surface area contributed by atoms with Crippen LogP contribution < -0.4 is 0 Å². The minimum atomic E-state index is 0.506. The first-order chi connectivity index (χ1) is 10.2. The fourth-order valence-corrected chi connectivity index (χ4v) is 3.48. The Morgan fingerprint density at radius 3 is 2.43 bits per heavy atom. The molecule has 102 valence electrons. The Balaban J connectivity index is 2.02. The standard InChI is InChI=1S/C17H11ClN2S/c1-10-6-7-15(21-10)17-19-14-9-12-5-3-2-4-11(12)8-13(14)16(18)20-17/h2-9H,1H3. The van der Waals surface area contributed by atoms with Gasteiger partial charge in [0.1, 0.15) is 5.15 Å². The van der Waals surface area contributed by atoms with Crippen LogP contribution in [-0.2, 0) is 0 Å². The maximum Gasteiger partial charge on any atom is 0.171 e. The van der Waals surface area contributed by atoms with Crippen molar-refractivity contribution in [1.29, 1.82) is 0 Å². The molecule has 0 unspecified atom stereocenters. The van der Waals surface area contributed by atoms with Crippen LogP contribution in [0.4, 0.5) is 0 Å². The van der Waals surface area contributed by atoms with Crippen LogP contribution in [0.3, 0.4) is 0 Å². The lowest BCUT2D eigenvalue weighted by Gasteiger charge is -2.05. The van der Waals surface area contributed by atoms with Crippen molar-refractivity contribution in [1.82, 2.24) is 9.97 Å². The van der Waals surface area contributed by atoms with Gasteiger partial charge in [0.15, 0.2) is 5.82 Å². The van der Waals surface area contributed by atoms with Crippen LogP contribution in [-0.4, -0.2) is 9.97 Å². The van der Waals surface area contributed by atoms with E-state index in [1.54, 1.807) is 11.3 Å². The van der Waals surface area contributed by atoms with Gasteiger partial charge < -0.3 is 0 Å². The van der Waals surface area contributed by atoms with Crippen molar-refractivity contribution in [2.45, 2.75) is 6.92 Å². The van der Waals surface area contributed by atoms with Crippen LogP contribution in [0, 0.1) is 6.92 Å². The van der Waals surface area contributed by atoms with Crippen LogP contribution in [0.5, 0.6) is 0 Å². The molecule has 0 atom stereocenters. The van der Waals surface area contributed by atoms with Crippen LogP contribution >= 0.6 is 22.9 Å². The number of fused-ring (bicyclic) bond motifs is 2. The Morgan fingerprint density at radius 1 is 0.952 bits per heavy atom. The van der Waals surface area contributed by atoms with E-state index in [0.717, 1.165) is 26.6 Å². The quantitative estimate of drug-likeness (QED) is 0.344. The average molecular weight is 311 g/mol. The predicted octanol–water partition coefficient (Wildman–Crippen LogP) is 5.47. The highest BCUT2D eigenvalue weighted by molar-refractivity contribution is 7.15. The maximum atomic E-state index is 6.37. The molecule has 2 aromatic carbocycles. The molecule has 2 nitrogen and oxygen atoms in total. The van der Waals surface area contributed by atoms with Gasteiger partial charge in [-0.25, -0.2) is 9.97 Å². The molecule has 0 N–H and O–H groups in total. The zero-order valence-electron chi connectivity index (χ0n) is 11.3. The van der Waals surface area contributed by atoms with Crippen molar-refractivity contribution in [2.24, 2.45) is 0 Å². The highest BCUT2D eigenvalue weighted by Gasteiger charge is 2.10. The topological polar surface area (TPSA) is 25.8 Å². The molecule has 2 heterocycles. The van der Waals surface area contributed by atoms with Gasteiger partial charge in [-0.15, -0.1) is 11.3 Å². The molecule has 4 rings (SSSR count). The highest BCUT2D eigenvalue weighted by Crippen LogP contribution is 2.31. The van der Waals surface area contributed by atoms with Gasteiger partial charge in [0.2, 0.25) is 0 Å². The van der Waals surface area contributed by atoms with Crippen molar-refractivity contribution in [2.75, 3.05) is 0 Å². The number of halogens is 1. The number of hydrogen-bond donors (Lipinski definition) is 0. The largest absolute Gasteiger partial charge is 0.227 e. The molecule has 0 amide bonds. The number of aryl methyl sites for hydroxylation is 1. The summed E-state index contributed by atoms with van der Waals surface area (Å²) in [5.41, 5.74) is 0.884. The van der Waals surface area contributed by atoms with Crippen LogP contribution in [0.15, 0.2) is 48.5 Å². The van der Waals surface area contributed by atoms with Crippen molar-refractivity contribution < 1.29 is 0 Å². The Labute approximate surface area is 131 Å². The Kier molecular flexibility index (Phi) is 2.91. The van der Waals surface area contributed by atoms with Gasteiger partial charge in [-0.3, -0.25) is 0 Å². The zero-order valence-corrected chi connectivity index (χ0v) is 12.9. The molecule has 0 aliphatic carbocycles. The lowest BCUT2D eigenvalue weighted by molar-refractivity contribution is 1.24. The molecular weight excluding hydrogens is 300 g/mol. The van der Waals surface area contributed by atoms with Crippen molar-refractivity contribution in [3.63, 3.8) is 0 Å². The third-order valence-electron chi connectivity index (χ3n) is 3.48. The van der Waals surface area contributed by atoms with Crippen molar-refractivity contribution in [3.05, 3.63) is 58.6 Å². The monoisotopic (exact) mass is 310 g/mol. The van der Waals surface area contributed by atoms with E-state index in [-0.39, 0.29) is 0 Å². The van der Waals surface area contributed by atoms with E-state index in [9.17, 15) is 0 Å². The van der Waals surface area contributed by atoms with Gasteiger partial charge in [0, 0.05) is 10.3 Å². The maximum absolute atomic E-state index is 6.37. The highest BCUT2D eigenvalue weighted by atomic mass is 35.5. The summed E-state index contributed by atoms with van der Waals surface area (Å²) in [5.74, 6) is 0.695. The molecule has 4 heteroatoms. The normalized spacial score (nSPS) is 11.3. The van der Waals surface area contributed by atoms with Crippen LogP contribution in [0.2, 0.25) is 5.15 Å². The van der Waals surface area contributed by atoms with Crippen molar-refractivity contribution >= 4 is 44.6 Å². The molecule has 0 aliphatic rings. The summed E-state index contributed by atoms with van der Waals surface area (Å²) in [5, 5.41) is 3.71. The Hall–Kier alpha value is -1.97. The van der Waals surface area contributed by atoms with E-state index in [0.29, 0.717) is 11.0 Å². The molecular formula is C17H11ClN2S. The first-order valence-corrected chi connectivity index (χ1v) is 7.83. The molecule has 0 bridgehead atoms. The molecule has 2 aromatic heterocycles. The van der Waals surface area contributed by atoms with Gasteiger partial charge in [-0.1, -0.05) is 35.9 Å². The van der Waals surface area contributed by atoms with Gasteiger partial charge >= 0.3 is 0 Å². The Bertz CT molecular complexity index is 975. The van der Waals surface area contributed by atoms with Gasteiger partial charge in [0.05, 0.1) is 10.4 Å². The summed E-state index contributed by atoms with van der Waals surface area (Å²) in [6.07, 6.45) is 0. The molecule has 0 fully saturated rings.